The smallest absolute Gasteiger partial charge is 0.220 e. The maximum atomic E-state index is 11.7. The molecule has 1 aromatic rings. The summed E-state index contributed by atoms with van der Waals surface area (Å²) in [5.41, 5.74) is 6.01. The fourth-order valence-electron chi connectivity index (χ4n) is 1.58. The molecule has 0 aliphatic carbocycles. The van der Waals surface area contributed by atoms with E-state index in [4.69, 9.17) is 5.73 Å². The van der Waals surface area contributed by atoms with E-state index in [0.29, 0.717) is 18.7 Å². The fraction of sp³-hybridized carbons (Fsp3) is 0.429. The Morgan fingerprint density at radius 3 is 2.37 bits per heavy atom. The lowest BCUT2D eigenvalue weighted by atomic mass is 10.1. The van der Waals surface area contributed by atoms with Crippen LogP contribution in [0.1, 0.15) is 36.0 Å². The van der Waals surface area contributed by atoms with Crippen LogP contribution in [0.5, 0.6) is 0 Å². The van der Waals surface area contributed by atoms with E-state index in [1.165, 1.54) is 0 Å². The summed E-state index contributed by atoms with van der Waals surface area (Å²) in [5.74, 6) is -0.0657. The van der Waals surface area contributed by atoms with Crippen molar-refractivity contribution in [1.29, 1.82) is 0 Å². The third kappa shape index (κ3) is 7.59. The summed E-state index contributed by atoms with van der Waals surface area (Å²) >= 11 is 0. The summed E-state index contributed by atoms with van der Waals surface area (Å²) in [4.78, 5) is 23.2. The van der Waals surface area contributed by atoms with E-state index in [9.17, 15) is 9.59 Å². The molecule has 0 heterocycles. The van der Waals surface area contributed by atoms with Gasteiger partial charge >= 0.3 is 0 Å². The van der Waals surface area contributed by atoms with Crippen LogP contribution in [0.4, 0.5) is 0 Å². The van der Waals surface area contributed by atoms with Crippen molar-refractivity contribution in [2.24, 2.45) is 5.73 Å². The average molecular weight is 285 g/mol. The molecule has 0 aliphatic heterocycles. The molecular formula is C14H21ClN2O2. The van der Waals surface area contributed by atoms with Crippen molar-refractivity contribution in [3.05, 3.63) is 35.9 Å². The highest BCUT2D eigenvalue weighted by molar-refractivity contribution is 5.97. The van der Waals surface area contributed by atoms with Gasteiger partial charge in [-0.15, -0.1) is 12.4 Å². The lowest BCUT2D eigenvalue weighted by Crippen LogP contribution is -2.25. The molecule has 1 amide bonds. The van der Waals surface area contributed by atoms with Gasteiger partial charge in [0, 0.05) is 24.9 Å². The zero-order valence-corrected chi connectivity index (χ0v) is 11.7. The van der Waals surface area contributed by atoms with E-state index < -0.39 is 0 Å². The Labute approximate surface area is 120 Å². The number of amides is 1. The highest BCUT2D eigenvalue weighted by Crippen LogP contribution is 2.04. The molecule has 0 atom stereocenters. The van der Waals surface area contributed by atoms with Gasteiger partial charge in [0.2, 0.25) is 5.91 Å². The Bertz CT molecular complexity index is 382. The normalized spacial score (nSPS) is 9.53. The standard InChI is InChI=1S/C14H20N2O2.ClH/c15-10-4-5-11-16-14(18)9-8-13(17)12-6-2-1-3-7-12;/h1-3,6-7H,4-5,8-11,15H2,(H,16,18);1H. The molecule has 0 aromatic heterocycles. The molecule has 3 N–H and O–H groups in total. The average Bonchev–Trinajstić information content (AvgIpc) is 2.42. The van der Waals surface area contributed by atoms with E-state index in [1.54, 1.807) is 12.1 Å². The number of benzene rings is 1. The molecule has 0 bridgehead atoms. The van der Waals surface area contributed by atoms with Crippen LogP contribution in [0.25, 0.3) is 0 Å². The number of carbonyl (C=O) groups excluding carboxylic acids is 2. The molecule has 5 heteroatoms. The number of hydrogen-bond donors (Lipinski definition) is 2. The molecule has 19 heavy (non-hydrogen) atoms. The Morgan fingerprint density at radius 2 is 1.74 bits per heavy atom. The number of ketones is 1. The molecule has 0 saturated carbocycles. The third-order valence-corrected chi connectivity index (χ3v) is 2.63. The first-order valence-corrected chi connectivity index (χ1v) is 6.29. The second-order valence-corrected chi connectivity index (χ2v) is 4.13. The number of Topliss-reactive ketones (excluding diaryl/α,β-unsaturated/α-hetero) is 1. The summed E-state index contributed by atoms with van der Waals surface area (Å²) in [6.45, 7) is 1.28. The van der Waals surface area contributed by atoms with Crippen LogP contribution in [0.3, 0.4) is 0 Å². The predicted octanol–water partition coefficient (Wildman–Crippen LogP) is 1.93. The zero-order valence-electron chi connectivity index (χ0n) is 10.9. The van der Waals surface area contributed by atoms with Crippen molar-refractivity contribution in [3.63, 3.8) is 0 Å². The highest BCUT2D eigenvalue weighted by Gasteiger charge is 2.08. The van der Waals surface area contributed by atoms with Crippen molar-refractivity contribution < 1.29 is 9.59 Å². The minimum absolute atomic E-state index is 0. The predicted molar refractivity (Wildman–Crippen MR) is 78.6 cm³/mol. The van der Waals surface area contributed by atoms with Gasteiger partial charge in [0.1, 0.15) is 0 Å². The molecule has 1 aromatic carbocycles. The van der Waals surface area contributed by atoms with Gasteiger partial charge < -0.3 is 11.1 Å². The van der Waals surface area contributed by atoms with E-state index in [-0.39, 0.29) is 36.9 Å². The largest absolute Gasteiger partial charge is 0.356 e. The van der Waals surface area contributed by atoms with Crippen LogP contribution in [-0.2, 0) is 4.79 Å². The molecule has 0 spiro atoms. The van der Waals surface area contributed by atoms with Crippen molar-refractivity contribution in [2.45, 2.75) is 25.7 Å². The zero-order chi connectivity index (χ0) is 13.2. The molecule has 106 valence electrons. The molecule has 0 saturated heterocycles. The number of halogens is 1. The van der Waals surface area contributed by atoms with Crippen LogP contribution in [0, 0.1) is 0 Å². The van der Waals surface area contributed by atoms with Gasteiger partial charge in [-0.2, -0.15) is 0 Å². The van der Waals surface area contributed by atoms with Crippen LogP contribution in [0.15, 0.2) is 30.3 Å². The van der Waals surface area contributed by atoms with Crippen molar-refractivity contribution in [3.8, 4) is 0 Å². The SMILES string of the molecule is Cl.NCCCCNC(=O)CCC(=O)c1ccccc1. The molecular weight excluding hydrogens is 264 g/mol. The summed E-state index contributed by atoms with van der Waals surface area (Å²) in [6, 6.07) is 9.03. The van der Waals surface area contributed by atoms with E-state index >= 15 is 0 Å². The van der Waals surface area contributed by atoms with Crippen LogP contribution in [-0.4, -0.2) is 24.8 Å². The van der Waals surface area contributed by atoms with Gasteiger partial charge in [0.15, 0.2) is 5.78 Å². The van der Waals surface area contributed by atoms with E-state index in [0.717, 1.165) is 12.8 Å². The lowest BCUT2D eigenvalue weighted by Gasteiger charge is -2.04. The minimum atomic E-state index is -0.0729. The third-order valence-electron chi connectivity index (χ3n) is 2.63. The van der Waals surface area contributed by atoms with Gasteiger partial charge in [-0.1, -0.05) is 30.3 Å². The molecule has 0 radical (unpaired) electrons. The Kier molecular flexibility index (Phi) is 9.75. The number of nitrogens with two attached hydrogens (primary N) is 1. The van der Waals surface area contributed by atoms with Crippen molar-refractivity contribution in [2.75, 3.05) is 13.1 Å². The summed E-state index contributed by atoms with van der Waals surface area (Å²) in [6.07, 6.45) is 2.29. The van der Waals surface area contributed by atoms with Crippen LogP contribution < -0.4 is 11.1 Å². The fourth-order valence-corrected chi connectivity index (χ4v) is 1.58. The first kappa shape index (κ1) is 17.6. The van der Waals surface area contributed by atoms with Gasteiger partial charge in [0.05, 0.1) is 0 Å². The maximum Gasteiger partial charge on any atom is 0.220 e. The van der Waals surface area contributed by atoms with E-state index in [1.807, 2.05) is 18.2 Å². The summed E-state index contributed by atoms with van der Waals surface area (Å²) in [5, 5.41) is 2.78. The van der Waals surface area contributed by atoms with Crippen molar-refractivity contribution >= 4 is 24.1 Å². The Morgan fingerprint density at radius 1 is 1.05 bits per heavy atom. The number of rotatable bonds is 8. The summed E-state index contributed by atoms with van der Waals surface area (Å²) < 4.78 is 0. The second kappa shape index (κ2) is 10.5. The summed E-state index contributed by atoms with van der Waals surface area (Å²) in [7, 11) is 0. The topological polar surface area (TPSA) is 72.2 Å². The molecule has 4 nitrogen and oxygen atoms in total. The number of unbranched alkanes of at least 4 members (excludes halogenated alkanes) is 1. The number of nitrogens with one attached hydrogen (secondary N) is 1. The van der Waals surface area contributed by atoms with Gasteiger partial charge in [-0.05, 0) is 19.4 Å². The van der Waals surface area contributed by atoms with Gasteiger partial charge in [-0.25, -0.2) is 0 Å². The lowest BCUT2D eigenvalue weighted by molar-refractivity contribution is -0.121. The molecule has 0 aliphatic rings. The van der Waals surface area contributed by atoms with Gasteiger partial charge in [-0.3, -0.25) is 9.59 Å². The minimum Gasteiger partial charge on any atom is -0.356 e. The Balaban J connectivity index is 0.00000324. The highest BCUT2D eigenvalue weighted by atomic mass is 35.5. The molecule has 0 fully saturated rings. The first-order chi connectivity index (χ1) is 8.74. The van der Waals surface area contributed by atoms with Crippen molar-refractivity contribution in [1.82, 2.24) is 5.32 Å². The second-order valence-electron chi connectivity index (χ2n) is 4.13. The monoisotopic (exact) mass is 284 g/mol. The quantitative estimate of drug-likeness (QED) is 0.566. The maximum absolute atomic E-state index is 11.7. The number of carbonyl (C=O) groups is 2. The van der Waals surface area contributed by atoms with E-state index in [2.05, 4.69) is 5.32 Å². The first-order valence-electron chi connectivity index (χ1n) is 6.29. The molecule has 1 rings (SSSR count). The number of hydrogen-bond acceptors (Lipinski definition) is 3. The Hall–Kier alpha value is -1.39. The van der Waals surface area contributed by atoms with Crippen LogP contribution >= 0.6 is 12.4 Å². The van der Waals surface area contributed by atoms with Gasteiger partial charge in [0.25, 0.3) is 0 Å². The van der Waals surface area contributed by atoms with Crippen LogP contribution in [0.2, 0.25) is 0 Å². The molecule has 0 unspecified atom stereocenters.